The van der Waals surface area contributed by atoms with E-state index in [1.165, 1.54) is 104 Å². The number of hydrogen-bond donors (Lipinski definition) is 0. The van der Waals surface area contributed by atoms with Crippen molar-refractivity contribution in [1.29, 1.82) is 0 Å². The number of hydrogen-bond acceptors (Lipinski definition) is 2. The summed E-state index contributed by atoms with van der Waals surface area (Å²) in [6, 6.07) is 62.1. The van der Waals surface area contributed by atoms with Crippen LogP contribution in [0, 0.1) is 0 Å². The summed E-state index contributed by atoms with van der Waals surface area (Å²) in [5.74, 6) is 0. The minimum Gasteiger partial charge on any atom is -0.310 e. The number of benzene rings is 7. The van der Waals surface area contributed by atoms with Gasteiger partial charge in [0.05, 0.1) is 11.4 Å². The van der Waals surface area contributed by atoms with Gasteiger partial charge < -0.3 is 9.80 Å². The fourth-order valence-electron chi connectivity index (χ4n) is 8.60. The van der Waals surface area contributed by atoms with Crippen molar-refractivity contribution in [3.8, 4) is 22.3 Å². The van der Waals surface area contributed by atoms with E-state index in [9.17, 15) is 0 Å². The van der Waals surface area contributed by atoms with Crippen molar-refractivity contribution in [3.05, 3.63) is 192 Å². The summed E-state index contributed by atoms with van der Waals surface area (Å²) < 4.78 is 0. The Bertz CT molecular complexity index is 2060. The Balaban J connectivity index is 1.26. The molecular formula is C50H44N2. The Kier molecular flexibility index (Phi) is 8.88. The van der Waals surface area contributed by atoms with Gasteiger partial charge in [0.25, 0.3) is 0 Å². The molecule has 0 N–H and O–H groups in total. The highest BCUT2D eigenvalue weighted by atomic mass is 15.2. The lowest BCUT2D eigenvalue weighted by molar-refractivity contribution is 0.659. The monoisotopic (exact) mass is 672 g/mol. The summed E-state index contributed by atoms with van der Waals surface area (Å²) in [4.78, 5) is 5.18. The molecule has 0 aromatic heterocycles. The zero-order valence-electron chi connectivity index (χ0n) is 29.7. The van der Waals surface area contributed by atoms with E-state index in [1.54, 1.807) is 0 Å². The Morgan fingerprint density at radius 2 is 0.500 bits per heavy atom. The molecule has 2 nitrogen and oxygen atoms in total. The Morgan fingerprint density at radius 1 is 0.250 bits per heavy atom. The maximum absolute atomic E-state index is 2.59. The second-order valence-corrected chi connectivity index (χ2v) is 14.2. The topological polar surface area (TPSA) is 6.48 Å². The summed E-state index contributed by atoms with van der Waals surface area (Å²) in [6.07, 6.45) is 9.21. The third-order valence-corrected chi connectivity index (χ3v) is 11.0. The van der Waals surface area contributed by atoms with E-state index in [4.69, 9.17) is 0 Å². The molecule has 0 unspecified atom stereocenters. The summed E-state index contributed by atoms with van der Waals surface area (Å²) in [5.41, 5.74) is 18.8. The van der Waals surface area contributed by atoms with Gasteiger partial charge in [0.2, 0.25) is 0 Å². The van der Waals surface area contributed by atoms with E-state index < -0.39 is 0 Å². The zero-order valence-corrected chi connectivity index (χ0v) is 29.7. The van der Waals surface area contributed by atoms with E-state index >= 15 is 0 Å². The summed E-state index contributed by atoms with van der Waals surface area (Å²) in [5, 5.41) is 0. The Hall–Kier alpha value is -5.86. The molecule has 0 bridgehead atoms. The molecule has 2 heteroatoms. The smallest absolute Gasteiger partial charge is 0.0532 e. The van der Waals surface area contributed by atoms with Gasteiger partial charge in [0.15, 0.2) is 0 Å². The highest BCUT2D eigenvalue weighted by molar-refractivity contribution is 5.91. The van der Waals surface area contributed by atoms with Crippen molar-refractivity contribution in [2.45, 2.75) is 51.4 Å². The van der Waals surface area contributed by atoms with E-state index in [-0.39, 0.29) is 0 Å². The van der Waals surface area contributed by atoms with Gasteiger partial charge in [0, 0.05) is 22.7 Å². The van der Waals surface area contributed by atoms with Crippen molar-refractivity contribution in [2.75, 3.05) is 9.80 Å². The molecule has 2 aliphatic rings. The molecule has 9 rings (SSSR count). The minimum atomic E-state index is 1.09. The third-order valence-electron chi connectivity index (χ3n) is 11.0. The van der Waals surface area contributed by atoms with Crippen molar-refractivity contribution >= 4 is 34.1 Å². The van der Waals surface area contributed by atoms with Gasteiger partial charge in [-0.15, -0.1) is 0 Å². The highest BCUT2D eigenvalue weighted by Crippen LogP contribution is 2.52. The van der Waals surface area contributed by atoms with Crippen LogP contribution in [0.15, 0.2) is 170 Å². The van der Waals surface area contributed by atoms with Gasteiger partial charge in [-0.3, -0.25) is 0 Å². The van der Waals surface area contributed by atoms with Crippen LogP contribution in [0.25, 0.3) is 22.3 Å². The second kappa shape index (κ2) is 14.4. The van der Waals surface area contributed by atoms with Crippen LogP contribution in [0.5, 0.6) is 0 Å². The molecule has 0 radical (unpaired) electrons. The molecule has 7 aromatic carbocycles. The lowest BCUT2D eigenvalue weighted by Gasteiger charge is -2.40. The predicted octanol–water partition coefficient (Wildman–Crippen LogP) is 13.7. The Labute approximate surface area is 308 Å². The molecule has 0 saturated heterocycles. The van der Waals surface area contributed by atoms with E-state index in [2.05, 4.69) is 180 Å². The van der Waals surface area contributed by atoms with Crippen LogP contribution in [0.3, 0.4) is 0 Å². The molecule has 254 valence electrons. The molecule has 52 heavy (non-hydrogen) atoms. The number of rotatable bonds is 8. The summed E-state index contributed by atoms with van der Waals surface area (Å²) >= 11 is 0. The summed E-state index contributed by atoms with van der Waals surface area (Å²) in [7, 11) is 0. The first-order chi connectivity index (χ1) is 25.8. The molecule has 7 aromatic rings. The quantitative estimate of drug-likeness (QED) is 0.148. The van der Waals surface area contributed by atoms with E-state index in [1.807, 2.05) is 0 Å². The van der Waals surface area contributed by atoms with Crippen LogP contribution in [0.1, 0.15) is 47.9 Å². The van der Waals surface area contributed by atoms with Crippen LogP contribution >= 0.6 is 0 Å². The van der Waals surface area contributed by atoms with Gasteiger partial charge in [-0.2, -0.15) is 0 Å². The maximum atomic E-state index is 2.59. The van der Waals surface area contributed by atoms with Gasteiger partial charge in [0.1, 0.15) is 0 Å². The molecule has 0 heterocycles. The SMILES string of the molecule is c1ccc(-c2ccc(N(c3ccccc3)c3c4c(c(N(c5ccccc5)c5ccc(-c6ccccc6)cc5)c5c3CCCC5)CCCC4)cc2)cc1. The Morgan fingerprint density at radius 3 is 0.808 bits per heavy atom. The molecule has 0 amide bonds. The van der Waals surface area contributed by atoms with Crippen LogP contribution in [-0.2, 0) is 25.7 Å². The molecule has 0 saturated carbocycles. The van der Waals surface area contributed by atoms with Crippen LogP contribution in [-0.4, -0.2) is 0 Å². The van der Waals surface area contributed by atoms with E-state index in [0.29, 0.717) is 0 Å². The zero-order chi connectivity index (χ0) is 34.7. The third kappa shape index (κ3) is 6.09. The van der Waals surface area contributed by atoms with Crippen molar-refractivity contribution in [2.24, 2.45) is 0 Å². The number of para-hydroxylation sites is 2. The van der Waals surface area contributed by atoms with Gasteiger partial charge >= 0.3 is 0 Å². The predicted molar refractivity (Wildman–Crippen MR) is 220 cm³/mol. The number of nitrogens with zero attached hydrogens (tertiary/aromatic N) is 2. The van der Waals surface area contributed by atoms with Gasteiger partial charge in [-0.25, -0.2) is 0 Å². The molecule has 0 aliphatic heterocycles. The minimum absolute atomic E-state index is 1.09. The average molecular weight is 673 g/mol. The number of fused-ring (bicyclic) bond motifs is 2. The molecule has 0 fully saturated rings. The van der Waals surface area contributed by atoms with Crippen LogP contribution in [0.4, 0.5) is 34.1 Å². The number of anilines is 6. The van der Waals surface area contributed by atoms with Crippen LogP contribution < -0.4 is 9.80 Å². The first-order valence-corrected chi connectivity index (χ1v) is 19.0. The summed E-state index contributed by atoms with van der Waals surface area (Å²) in [6.45, 7) is 0. The van der Waals surface area contributed by atoms with Gasteiger partial charge in [-0.1, -0.05) is 121 Å². The fraction of sp³-hybridized carbons (Fsp3) is 0.160. The first kappa shape index (κ1) is 32.1. The highest BCUT2D eigenvalue weighted by Gasteiger charge is 2.33. The average Bonchev–Trinajstić information content (AvgIpc) is 3.23. The lowest BCUT2D eigenvalue weighted by atomic mass is 9.78. The molecular weight excluding hydrogens is 629 g/mol. The standard InChI is InChI=1S/C50H44N2/c1-5-17-37(18-6-1)39-29-33-43(34-30-39)51(41-21-9-3-10-22-41)49-45-25-13-15-27-47(45)50(48-28-16-14-26-46(48)49)52(42-23-11-4-12-24-42)44-35-31-40(32-36-44)38-19-7-2-8-20-38/h1-12,17-24,29-36H,13-16,25-28H2. The lowest BCUT2D eigenvalue weighted by Crippen LogP contribution is -2.25. The van der Waals surface area contributed by atoms with Crippen molar-refractivity contribution < 1.29 is 0 Å². The molecule has 0 atom stereocenters. The van der Waals surface area contributed by atoms with Crippen molar-refractivity contribution in [1.82, 2.24) is 0 Å². The molecule has 0 spiro atoms. The van der Waals surface area contributed by atoms with Crippen molar-refractivity contribution in [3.63, 3.8) is 0 Å². The van der Waals surface area contributed by atoms with Crippen LogP contribution in [0.2, 0.25) is 0 Å². The fourth-order valence-corrected chi connectivity index (χ4v) is 8.60. The van der Waals surface area contributed by atoms with Gasteiger partial charge in [-0.05, 0) is 144 Å². The first-order valence-electron chi connectivity index (χ1n) is 19.0. The van der Waals surface area contributed by atoms with E-state index in [0.717, 1.165) is 25.7 Å². The normalized spacial score (nSPS) is 13.5. The largest absolute Gasteiger partial charge is 0.310 e. The maximum Gasteiger partial charge on any atom is 0.0532 e. The second-order valence-electron chi connectivity index (χ2n) is 14.2. The molecule has 2 aliphatic carbocycles.